The Morgan fingerprint density at radius 1 is 1.44 bits per heavy atom. The van der Waals surface area contributed by atoms with E-state index in [1.165, 1.54) is 0 Å². The lowest BCUT2D eigenvalue weighted by atomic mass is 10.0. The molecule has 1 aliphatic rings. The van der Waals surface area contributed by atoms with Gasteiger partial charge in [0.25, 0.3) is 5.89 Å². The Hall–Kier alpha value is -2.64. The van der Waals surface area contributed by atoms with Crippen LogP contribution in [0.1, 0.15) is 46.0 Å². The van der Waals surface area contributed by atoms with Gasteiger partial charge in [0.15, 0.2) is 5.82 Å². The molecule has 8 heteroatoms. The molecule has 0 radical (unpaired) electrons. The number of ether oxygens (including phenoxy) is 2. The molecule has 0 spiro atoms. The maximum atomic E-state index is 12.2. The fourth-order valence-electron chi connectivity index (χ4n) is 2.48. The fraction of sp³-hybridized carbons (Fsp3) is 0.529. The van der Waals surface area contributed by atoms with E-state index in [9.17, 15) is 4.79 Å². The highest BCUT2D eigenvalue weighted by atomic mass is 16.6. The van der Waals surface area contributed by atoms with Crippen molar-refractivity contribution in [1.29, 1.82) is 0 Å². The highest BCUT2D eigenvalue weighted by Gasteiger charge is 2.39. The quantitative estimate of drug-likeness (QED) is 0.839. The number of rotatable bonds is 4. The minimum atomic E-state index is -0.540. The van der Waals surface area contributed by atoms with Crippen LogP contribution < -0.4 is 4.74 Å². The van der Waals surface area contributed by atoms with E-state index in [-0.39, 0.29) is 12.1 Å². The molecule has 1 saturated heterocycles. The van der Waals surface area contributed by atoms with Crippen LogP contribution in [0.3, 0.4) is 0 Å². The van der Waals surface area contributed by atoms with Gasteiger partial charge >= 0.3 is 6.09 Å². The van der Waals surface area contributed by atoms with Gasteiger partial charge in [-0.3, -0.25) is 4.90 Å². The molecule has 1 aliphatic heterocycles. The smallest absolute Gasteiger partial charge is 0.410 e. The summed E-state index contributed by atoms with van der Waals surface area (Å²) in [5, 5.41) is 4.03. The predicted octanol–water partition coefficient (Wildman–Crippen LogP) is 3.21. The Labute approximate surface area is 146 Å². The van der Waals surface area contributed by atoms with Crippen LogP contribution in [0.25, 0.3) is 11.5 Å². The third kappa shape index (κ3) is 3.72. The second kappa shape index (κ2) is 6.70. The molecule has 0 N–H and O–H groups in total. The standard InChI is InChI=1S/C17H22N4O4/c1-5-23-14-11(7-6-9-18-14)15-19-13(20-25-15)12-8-10-21(12)16(22)24-17(2,3)4/h6-7,9,12H,5,8,10H2,1-4H3/t12-/m0/s1. The molecule has 8 nitrogen and oxygen atoms in total. The summed E-state index contributed by atoms with van der Waals surface area (Å²) in [6.07, 6.45) is 2.04. The van der Waals surface area contributed by atoms with E-state index in [0.717, 1.165) is 6.42 Å². The van der Waals surface area contributed by atoms with E-state index < -0.39 is 5.60 Å². The van der Waals surface area contributed by atoms with Crippen molar-refractivity contribution in [3.05, 3.63) is 24.2 Å². The highest BCUT2D eigenvalue weighted by Crippen LogP contribution is 2.35. The lowest BCUT2D eigenvalue weighted by molar-refractivity contribution is -0.00772. The van der Waals surface area contributed by atoms with Crippen LogP contribution in [0.4, 0.5) is 4.79 Å². The van der Waals surface area contributed by atoms with Gasteiger partial charge in [-0.2, -0.15) is 4.98 Å². The average molecular weight is 346 g/mol. The second-order valence-corrected chi connectivity index (χ2v) is 6.73. The van der Waals surface area contributed by atoms with Crippen LogP contribution in [0, 0.1) is 0 Å². The Balaban J connectivity index is 1.77. The minimum absolute atomic E-state index is 0.237. The van der Waals surface area contributed by atoms with Crippen LogP contribution in [0.5, 0.6) is 5.88 Å². The molecule has 0 aromatic carbocycles. The Morgan fingerprint density at radius 2 is 2.24 bits per heavy atom. The summed E-state index contributed by atoms with van der Waals surface area (Å²) in [4.78, 5) is 22.4. The van der Waals surface area contributed by atoms with Crippen LogP contribution in [-0.4, -0.2) is 44.9 Å². The monoisotopic (exact) mass is 346 g/mol. The zero-order chi connectivity index (χ0) is 18.0. The van der Waals surface area contributed by atoms with Gasteiger partial charge in [0.1, 0.15) is 17.2 Å². The molecule has 0 aliphatic carbocycles. The molecule has 25 heavy (non-hydrogen) atoms. The number of likely N-dealkylation sites (tertiary alicyclic amines) is 1. The predicted molar refractivity (Wildman–Crippen MR) is 89.0 cm³/mol. The van der Waals surface area contributed by atoms with Crippen molar-refractivity contribution in [2.45, 2.75) is 45.8 Å². The maximum absolute atomic E-state index is 12.2. The average Bonchev–Trinajstić information content (AvgIpc) is 2.94. The van der Waals surface area contributed by atoms with E-state index in [0.29, 0.717) is 36.3 Å². The topological polar surface area (TPSA) is 90.6 Å². The molecule has 0 saturated carbocycles. The second-order valence-electron chi connectivity index (χ2n) is 6.73. The van der Waals surface area contributed by atoms with Gasteiger partial charge in [-0.15, -0.1) is 0 Å². The first kappa shape index (κ1) is 17.2. The molecule has 1 amide bonds. The van der Waals surface area contributed by atoms with Crippen molar-refractivity contribution in [3.63, 3.8) is 0 Å². The van der Waals surface area contributed by atoms with Crippen molar-refractivity contribution in [1.82, 2.24) is 20.0 Å². The summed E-state index contributed by atoms with van der Waals surface area (Å²) in [5.74, 6) is 1.22. The molecule has 1 fully saturated rings. The van der Waals surface area contributed by atoms with Crippen molar-refractivity contribution < 1.29 is 18.8 Å². The largest absolute Gasteiger partial charge is 0.477 e. The lowest BCUT2D eigenvalue weighted by Gasteiger charge is -2.39. The fourth-order valence-corrected chi connectivity index (χ4v) is 2.48. The summed E-state index contributed by atoms with van der Waals surface area (Å²) in [5.41, 5.74) is 0.0908. The Kier molecular flexibility index (Phi) is 4.61. The van der Waals surface area contributed by atoms with E-state index >= 15 is 0 Å². The van der Waals surface area contributed by atoms with Crippen LogP contribution in [0.15, 0.2) is 22.9 Å². The number of nitrogens with zero attached hydrogens (tertiary/aromatic N) is 4. The number of pyridine rings is 1. The third-order valence-corrected chi connectivity index (χ3v) is 3.67. The van der Waals surface area contributed by atoms with Crippen molar-refractivity contribution in [2.24, 2.45) is 0 Å². The molecular weight excluding hydrogens is 324 g/mol. The summed E-state index contributed by atoms with van der Waals surface area (Å²) in [6, 6.07) is 3.35. The Morgan fingerprint density at radius 3 is 2.88 bits per heavy atom. The zero-order valence-electron chi connectivity index (χ0n) is 14.9. The lowest BCUT2D eigenvalue weighted by Crippen LogP contribution is -2.47. The molecule has 1 atom stereocenters. The number of carbonyl (C=O) groups is 1. The number of hydrogen-bond acceptors (Lipinski definition) is 7. The summed E-state index contributed by atoms with van der Waals surface area (Å²) < 4.78 is 16.3. The summed E-state index contributed by atoms with van der Waals surface area (Å²) in [7, 11) is 0. The molecule has 2 aromatic rings. The van der Waals surface area contributed by atoms with Gasteiger partial charge in [-0.05, 0) is 46.2 Å². The Bertz CT molecular complexity index is 753. The number of hydrogen-bond donors (Lipinski definition) is 0. The van der Waals surface area contributed by atoms with Crippen LogP contribution in [-0.2, 0) is 4.74 Å². The van der Waals surface area contributed by atoms with Crippen LogP contribution in [0.2, 0.25) is 0 Å². The van der Waals surface area contributed by atoms with Gasteiger partial charge < -0.3 is 14.0 Å². The number of aromatic nitrogens is 3. The molecule has 134 valence electrons. The van der Waals surface area contributed by atoms with Gasteiger partial charge in [0, 0.05) is 12.7 Å². The summed E-state index contributed by atoms with van der Waals surface area (Å²) in [6.45, 7) is 8.49. The van der Waals surface area contributed by atoms with Crippen molar-refractivity contribution >= 4 is 6.09 Å². The van der Waals surface area contributed by atoms with E-state index in [4.69, 9.17) is 14.0 Å². The third-order valence-electron chi connectivity index (χ3n) is 3.67. The number of amides is 1. The number of carbonyl (C=O) groups excluding carboxylic acids is 1. The zero-order valence-corrected chi connectivity index (χ0v) is 14.9. The molecule has 3 rings (SSSR count). The van der Waals surface area contributed by atoms with Crippen LogP contribution >= 0.6 is 0 Å². The normalized spacial score (nSPS) is 17.1. The highest BCUT2D eigenvalue weighted by molar-refractivity contribution is 5.69. The maximum Gasteiger partial charge on any atom is 0.410 e. The van der Waals surface area contributed by atoms with Gasteiger partial charge in [0.05, 0.1) is 6.61 Å². The van der Waals surface area contributed by atoms with Gasteiger partial charge in [0.2, 0.25) is 5.88 Å². The molecule has 0 unspecified atom stereocenters. The van der Waals surface area contributed by atoms with E-state index in [2.05, 4.69) is 15.1 Å². The van der Waals surface area contributed by atoms with Gasteiger partial charge in [-0.25, -0.2) is 9.78 Å². The molecule has 3 heterocycles. The molecular formula is C17H22N4O4. The van der Waals surface area contributed by atoms with Crippen molar-refractivity contribution in [2.75, 3.05) is 13.2 Å². The van der Waals surface area contributed by atoms with Gasteiger partial charge in [-0.1, -0.05) is 5.16 Å². The first-order valence-corrected chi connectivity index (χ1v) is 8.30. The first-order valence-electron chi connectivity index (χ1n) is 8.30. The first-order chi connectivity index (χ1) is 11.9. The molecule has 2 aromatic heterocycles. The van der Waals surface area contributed by atoms with Crippen molar-refractivity contribution in [3.8, 4) is 17.3 Å². The SMILES string of the molecule is CCOc1ncccc1-c1nc([C@@H]2CCN2C(=O)OC(C)(C)C)no1. The summed E-state index contributed by atoms with van der Waals surface area (Å²) >= 11 is 0. The minimum Gasteiger partial charge on any atom is -0.477 e. The molecule has 0 bridgehead atoms. The van der Waals surface area contributed by atoms with E-state index in [1.54, 1.807) is 17.2 Å². The van der Waals surface area contributed by atoms with E-state index in [1.807, 2.05) is 33.8 Å².